The van der Waals surface area contributed by atoms with Crippen LogP contribution in [0.15, 0.2) is 30.5 Å². The minimum atomic E-state index is 0.525. The Morgan fingerprint density at radius 3 is 3.11 bits per heavy atom. The molecule has 1 fully saturated rings. The number of nitrogens with one attached hydrogen (secondary N) is 2. The molecule has 3 nitrogen and oxygen atoms in total. The fraction of sp³-hybridized carbons (Fsp3) is 0.400. The van der Waals surface area contributed by atoms with E-state index in [0.717, 1.165) is 41.0 Å². The second kappa shape index (κ2) is 5.35. The fourth-order valence-electron chi connectivity index (χ4n) is 2.73. The van der Waals surface area contributed by atoms with E-state index in [1.54, 1.807) is 0 Å². The van der Waals surface area contributed by atoms with Gasteiger partial charge < -0.3 is 10.6 Å². The first-order chi connectivity index (χ1) is 9.22. The first-order valence-corrected chi connectivity index (χ1v) is 7.14. The van der Waals surface area contributed by atoms with Crippen molar-refractivity contribution in [3.05, 3.63) is 35.5 Å². The molecule has 2 N–H and O–H groups in total. The number of fused-ring (bicyclic) bond motifs is 1. The van der Waals surface area contributed by atoms with E-state index < -0.39 is 0 Å². The summed E-state index contributed by atoms with van der Waals surface area (Å²) in [7, 11) is 0. The van der Waals surface area contributed by atoms with Crippen molar-refractivity contribution >= 4 is 28.2 Å². The molecule has 0 amide bonds. The van der Waals surface area contributed by atoms with Crippen LogP contribution in [0.4, 0.5) is 5.69 Å². The molecule has 1 aliphatic heterocycles. The summed E-state index contributed by atoms with van der Waals surface area (Å²) in [6, 6.07) is 9.02. The Bertz CT molecular complexity index is 585. The third-order valence-electron chi connectivity index (χ3n) is 3.69. The number of pyridine rings is 1. The number of halogens is 1. The van der Waals surface area contributed by atoms with Crippen LogP contribution in [0.5, 0.6) is 0 Å². The number of hydrogen-bond acceptors (Lipinski definition) is 3. The zero-order valence-corrected chi connectivity index (χ0v) is 11.7. The molecule has 0 radical (unpaired) electrons. The zero-order valence-electron chi connectivity index (χ0n) is 11.0. The number of rotatable bonds is 2. The Morgan fingerprint density at radius 1 is 1.37 bits per heavy atom. The van der Waals surface area contributed by atoms with Gasteiger partial charge in [-0.15, -0.1) is 0 Å². The molecule has 3 rings (SSSR count). The van der Waals surface area contributed by atoms with Crippen molar-refractivity contribution in [1.82, 2.24) is 10.3 Å². The first-order valence-electron chi connectivity index (χ1n) is 6.76. The molecule has 2 heterocycles. The van der Waals surface area contributed by atoms with Gasteiger partial charge in [-0.3, -0.25) is 4.98 Å². The van der Waals surface area contributed by atoms with Crippen LogP contribution in [-0.2, 0) is 0 Å². The molecule has 1 saturated heterocycles. The standard InChI is InChI=1S/C15H18ClN3/c1-10-8-12(4-6-17-10)19-14-5-7-18-15-9-11(16)2-3-13(14)15/h2-3,5,7,9-10,12,17H,4,6,8H2,1H3,(H,18,19). The van der Waals surface area contributed by atoms with Crippen LogP contribution >= 0.6 is 11.6 Å². The smallest absolute Gasteiger partial charge is 0.0737 e. The Labute approximate surface area is 118 Å². The lowest BCUT2D eigenvalue weighted by molar-refractivity contribution is 0.396. The number of hydrogen-bond donors (Lipinski definition) is 2. The lowest BCUT2D eigenvalue weighted by Gasteiger charge is -2.29. The van der Waals surface area contributed by atoms with E-state index in [-0.39, 0.29) is 0 Å². The van der Waals surface area contributed by atoms with Gasteiger partial charge in [-0.2, -0.15) is 0 Å². The fourth-order valence-corrected chi connectivity index (χ4v) is 2.90. The highest BCUT2D eigenvalue weighted by Gasteiger charge is 2.18. The van der Waals surface area contributed by atoms with Gasteiger partial charge in [0.1, 0.15) is 0 Å². The van der Waals surface area contributed by atoms with Crippen LogP contribution in [0.2, 0.25) is 5.02 Å². The summed E-state index contributed by atoms with van der Waals surface area (Å²) in [5, 5.41) is 8.99. The third-order valence-corrected chi connectivity index (χ3v) is 3.92. The number of anilines is 1. The molecule has 19 heavy (non-hydrogen) atoms. The summed E-state index contributed by atoms with van der Waals surface area (Å²) < 4.78 is 0. The molecule has 2 aromatic rings. The highest BCUT2D eigenvalue weighted by atomic mass is 35.5. The van der Waals surface area contributed by atoms with E-state index in [1.807, 2.05) is 30.5 Å². The summed E-state index contributed by atoms with van der Waals surface area (Å²) in [4.78, 5) is 4.37. The highest BCUT2D eigenvalue weighted by molar-refractivity contribution is 6.31. The molecule has 0 saturated carbocycles. The second-order valence-electron chi connectivity index (χ2n) is 5.24. The molecule has 4 heteroatoms. The van der Waals surface area contributed by atoms with Gasteiger partial charge in [0.15, 0.2) is 0 Å². The highest BCUT2D eigenvalue weighted by Crippen LogP contribution is 2.26. The van der Waals surface area contributed by atoms with Crippen LogP contribution in [0.25, 0.3) is 10.9 Å². The van der Waals surface area contributed by atoms with Gasteiger partial charge in [0, 0.05) is 34.4 Å². The van der Waals surface area contributed by atoms with Gasteiger partial charge in [0.05, 0.1) is 5.52 Å². The largest absolute Gasteiger partial charge is 0.382 e. The molecule has 1 aromatic carbocycles. The van der Waals surface area contributed by atoms with Crippen molar-refractivity contribution in [2.75, 3.05) is 11.9 Å². The van der Waals surface area contributed by atoms with Gasteiger partial charge in [-0.05, 0) is 50.6 Å². The molecular formula is C15H18ClN3. The van der Waals surface area contributed by atoms with Gasteiger partial charge in [0.2, 0.25) is 0 Å². The van der Waals surface area contributed by atoms with Gasteiger partial charge in [-0.1, -0.05) is 11.6 Å². The Balaban J connectivity index is 1.88. The molecule has 0 aliphatic carbocycles. The summed E-state index contributed by atoms with van der Waals surface area (Å²) in [5.41, 5.74) is 2.10. The normalized spacial score (nSPS) is 23.5. The first kappa shape index (κ1) is 12.7. The van der Waals surface area contributed by atoms with Crippen LogP contribution in [0.3, 0.4) is 0 Å². The lowest BCUT2D eigenvalue weighted by atomic mass is 10.00. The molecular weight excluding hydrogens is 258 g/mol. The van der Waals surface area contributed by atoms with Crippen LogP contribution in [-0.4, -0.2) is 23.6 Å². The minimum absolute atomic E-state index is 0.525. The molecule has 100 valence electrons. The van der Waals surface area contributed by atoms with Crippen LogP contribution in [0.1, 0.15) is 19.8 Å². The Hall–Kier alpha value is -1.32. The number of benzene rings is 1. The maximum atomic E-state index is 6.01. The maximum absolute atomic E-state index is 6.01. The van der Waals surface area contributed by atoms with Crippen molar-refractivity contribution in [1.29, 1.82) is 0 Å². The van der Waals surface area contributed by atoms with Gasteiger partial charge in [0.25, 0.3) is 0 Å². The quantitative estimate of drug-likeness (QED) is 0.882. The van der Waals surface area contributed by atoms with Gasteiger partial charge in [-0.25, -0.2) is 0 Å². The van der Waals surface area contributed by atoms with E-state index in [4.69, 9.17) is 11.6 Å². The zero-order chi connectivity index (χ0) is 13.2. The van der Waals surface area contributed by atoms with Gasteiger partial charge >= 0.3 is 0 Å². The van der Waals surface area contributed by atoms with E-state index in [9.17, 15) is 0 Å². The predicted octanol–water partition coefficient (Wildman–Crippen LogP) is 3.44. The Morgan fingerprint density at radius 2 is 2.26 bits per heavy atom. The SMILES string of the molecule is CC1CC(Nc2ccnc3cc(Cl)ccc23)CCN1. The molecule has 0 bridgehead atoms. The molecule has 1 aromatic heterocycles. The van der Waals surface area contributed by atoms with Crippen molar-refractivity contribution in [2.24, 2.45) is 0 Å². The van der Waals surface area contributed by atoms with Crippen LogP contribution in [0, 0.1) is 0 Å². The van der Waals surface area contributed by atoms with E-state index in [0.29, 0.717) is 12.1 Å². The monoisotopic (exact) mass is 275 g/mol. The number of nitrogens with zero attached hydrogens (tertiary/aromatic N) is 1. The van der Waals surface area contributed by atoms with E-state index in [2.05, 4.69) is 22.5 Å². The summed E-state index contributed by atoms with van der Waals surface area (Å²) in [6.45, 7) is 3.31. The topological polar surface area (TPSA) is 37.0 Å². The van der Waals surface area contributed by atoms with Crippen LogP contribution < -0.4 is 10.6 Å². The minimum Gasteiger partial charge on any atom is -0.382 e. The molecule has 1 aliphatic rings. The summed E-state index contributed by atoms with van der Waals surface area (Å²) in [6.07, 6.45) is 4.14. The van der Waals surface area contributed by atoms with Crippen molar-refractivity contribution < 1.29 is 0 Å². The van der Waals surface area contributed by atoms with Crippen molar-refractivity contribution in [3.63, 3.8) is 0 Å². The second-order valence-corrected chi connectivity index (χ2v) is 5.68. The van der Waals surface area contributed by atoms with Crippen molar-refractivity contribution in [3.8, 4) is 0 Å². The lowest BCUT2D eigenvalue weighted by Crippen LogP contribution is -2.41. The predicted molar refractivity (Wildman–Crippen MR) is 80.9 cm³/mol. The number of aromatic nitrogens is 1. The summed E-state index contributed by atoms with van der Waals surface area (Å²) in [5.74, 6) is 0. The average molecular weight is 276 g/mol. The van der Waals surface area contributed by atoms with E-state index >= 15 is 0 Å². The Kier molecular flexibility index (Phi) is 3.58. The molecule has 2 unspecified atom stereocenters. The average Bonchev–Trinajstić information content (AvgIpc) is 2.38. The molecule has 2 atom stereocenters. The maximum Gasteiger partial charge on any atom is 0.0737 e. The number of piperidine rings is 1. The van der Waals surface area contributed by atoms with E-state index in [1.165, 1.54) is 0 Å². The van der Waals surface area contributed by atoms with Crippen molar-refractivity contribution in [2.45, 2.75) is 31.8 Å². The summed E-state index contributed by atoms with van der Waals surface area (Å²) >= 11 is 6.01. The third kappa shape index (κ3) is 2.82. The molecule has 0 spiro atoms.